The summed E-state index contributed by atoms with van der Waals surface area (Å²) in [4.78, 5) is 35.9. The van der Waals surface area contributed by atoms with Crippen molar-refractivity contribution >= 4 is 52.4 Å². The second-order valence-electron chi connectivity index (χ2n) is 5.95. The Labute approximate surface area is 183 Å². The standard InChI is InChI=1S/C20H20Cl2N2O6/c1-28-16-5-3-12(21)9-14(16)23-18(25)7-8-20(27)30-11-19(26)24-15-10-13(22)4-6-17(15)29-2/h3-6,9-10H,7-8,11H2,1-2H3,(H,23,25)(H,24,26). The Morgan fingerprint density at radius 2 is 1.30 bits per heavy atom. The zero-order chi connectivity index (χ0) is 22.1. The summed E-state index contributed by atoms with van der Waals surface area (Å²) in [7, 11) is 2.91. The minimum atomic E-state index is -0.698. The van der Waals surface area contributed by atoms with Crippen LogP contribution in [-0.2, 0) is 19.1 Å². The highest BCUT2D eigenvalue weighted by Gasteiger charge is 2.14. The summed E-state index contributed by atoms with van der Waals surface area (Å²) in [5.74, 6) is -0.857. The van der Waals surface area contributed by atoms with Crippen molar-refractivity contribution in [2.45, 2.75) is 12.8 Å². The number of nitrogens with one attached hydrogen (secondary N) is 2. The van der Waals surface area contributed by atoms with E-state index in [0.29, 0.717) is 32.9 Å². The van der Waals surface area contributed by atoms with E-state index >= 15 is 0 Å². The molecule has 2 rings (SSSR count). The summed E-state index contributed by atoms with van der Waals surface area (Å²) < 4.78 is 15.2. The molecule has 160 valence electrons. The lowest BCUT2D eigenvalue weighted by molar-refractivity contribution is -0.147. The van der Waals surface area contributed by atoms with Crippen molar-refractivity contribution in [1.82, 2.24) is 0 Å². The number of halogens is 2. The summed E-state index contributed by atoms with van der Waals surface area (Å²) in [6.07, 6.45) is -0.347. The van der Waals surface area contributed by atoms with E-state index in [1.807, 2.05) is 0 Å². The van der Waals surface area contributed by atoms with Crippen LogP contribution >= 0.6 is 23.2 Å². The maximum absolute atomic E-state index is 12.1. The number of hydrogen-bond donors (Lipinski definition) is 2. The van der Waals surface area contributed by atoms with Gasteiger partial charge in [-0.05, 0) is 36.4 Å². The van der Waals surface area contributed by atoms with Crippen molar-refractivity contribution in [2.24, 2.45) is 0 Å². The number of carbonyl (C=O) groups excluding carboxylic acids is 3. The van der Waals surface area contributed by atoms with E-state index in [9.17, 15) is 14.4 Å². The van der Waals surface area contributed by atoms with Crippen LogP contribution in [0.1, 0.15) is 12.8 Å². The number of methoxy groups -OCH3 is 2. The highest BCUT2D eigenvalue weighted by molar-refractivity contribution is 6.31. The van der Waals surface area contributed by atoms with Crippen LogP contribution in [0.15, 0.2) is 36.4 Å². The Morgan fingerprint density at radius 3 is 1.80 bits per heavy atom. The second kappa shape index (κ2) is 11.3. The second-order valence-corrected chi connectivity index (χ2v) is 6.82. The summed E-state index contributed by atoms with van der Waals surface area (Å²) in [6, 6.07) is 9.48. The van der Waals surface area contributed by atoms with E-state index in [2.05, 4.69) is 10.6 Å². The van der Waals surface area contributed by atoms with Gasteiger partial charge in [0.15, 0.2) is 6.61 Å². The maximum Gasteiger partial charge on any atom is 0.306 e. The van der Waals surface area contributed by atoms with Crippen LogP contribution in [-0.4, -0.2) is 38.6 Å². The zero-order valence-electron chi connectivity index (χ0n) is 16.3. The molecule has 0 aliphatic carbocycles. The van der Waals surface area contributed by atoms with Gasteiger partial charge in [-0.3, -0.25) is 14.4 Å². The molecule has 0 spiro atoms. The van der Waals surface area contributed by atoms with E-state index in [1.165, 1.54) is 26.4 Å². The van der Waals surface area contributed by atoms with Crippen molar-refractivity contribution in [2.75, 3.05) is 31.5 Å². The molecule has 30 heavy (non-hydrogen) atoms. The monoisotopic (exact) mass is 454 g/mol. The first-order chi connectivity index (χ1) is 14.3. The molecular weight excluding hydrogens is 435 g/mol. The number of hydrogen-bond acceptors (Lipinski definition) is 6. The smallest absolute Gasteiger partial charge is 0.306 e. The van der Waals surface area contributed by atoms with Crippen LogP contribution in [0.25, 0.3) is 0 Å². The predicted octanol–water partition coefficient (Wildman–Crippen LogP) is 3.91. The molecule has 0 aliphatic heterocycles. The molecule has 0 saturated heterocycles. The van der Waals surface area contributed by atoms with Crippen LogP contribution in [0.3, 0.4) is 0 Å². The SMILES string of the molecule is COc1ccc(Cl)cc1NC(=O)CCC(=O)OCC(=O)Nc1cc(Cl)ccc1OC. The van der Waals surface area contributed by atoms with E-state index in [4.69, 9.17) is 37.4 Å². The molecule has 0 atom stereocenters. The van der Waals surface area contributed by atoms with Crippen molar-refractivity contribution in [3.8, 4) is 11.5 Å². The number of rotatable bonds is 9. The van der Waals surface area contributed by atoms with E-state index in [-0.39, 0.29) is 12.8 Å². The van der Waals surface area contributed by atoms with Gasteiger partial charge in [-0.25, -0.2) is 0 Å². The van der Waals surface area contributed by atoms with Crippen molar-refractivity contribution < 1.29 is 28.6 Å². The molecule has 0 unspecified atom stereocenters. The number of ether oxygens (including phenoxy) is 3. The molecule has 2 N–H and O–H groups in total. The first-order valence-electron chi connectivity index (χ1n) is 8.74. The molecule has 0 aromatic heterocycles. The summed E-state index contributed by atoms with van der Waals surface area (Å²) >= 11 is 11.8. The normalized spacial score (nSPS) is 10.1. The molecule has 0 bridgehead atoms. The van der Waals surface area contributed by atoms with E-state index < -0.39 is 24.4 Å². The third-order valence-corrected chi connectivity index (χ3v) is 4.26. The third-order valence-electron chi connectivity index (χ3n) is 3.79. The number of esters is 1. The fraction of sp³-hybridized carbons (Fsp3) is 0.250. The maximum atomic E-state index is 12.1. The van der Waals surface area contributed by atoms with Crippen LogP contribution in [0, 0.1) is 0 Å². The first-order valence-corrected chi connectivity index (χ1v) is 9.50. The molecule has 2 aromatic rings. The highest BCUT2D eigenvalue weighted by Crippen LogP contribution is 2.28. The Hall–Kier alpha value is -2.97. The number of amides is 2. The van der Waals surface area contributed by atoms with Gasteiger partial charge in [0.1, 0.15) is 11.5 Å². The number of anilines is 2. The summed E-state index contributed by atoms with van der Waals surface area (Å²) in [5, 5.41) is 5.98. The molecular formula is C20H20Cl2N2O6. The Bertz CT molecular complexity index is 862. The van der Waals surface area contributed by atoms with Crippen LogP contribution in [0.4, 0.5) is 11.4 Å². The van der Waals surface area contributed by atoms with Crippen LogP contribution in [0.2, 0.25) is 10.0 Å². The van der Waals surface area contributed by atoms with Crippen molar-refractivity contribution in [1.29, 1.82) is 0 Å². The highest BCUT2D eigenvalue weighted by atomic mass is 35.5. The minimum absolute atomic E-state index is 0.141. The molecule has 8 nitrogen and oxygen atoms in total. The quantitative estimate of drug-likeness (QED) is 0.556. The fourth-order valence-corrected chi connectivity index (χ4v) is 2.73. The first kappa shape index (κ1) is 23.3. The molecule has 10 heteroatoms. The number of carbonyl (C=O) groups is 3. The van der Waals surface area contributed by atoms with Gasteiger partial charge in [0.05, 0.1) is 32.0 Å². The van der Waals surface area contributed by atoms with Gasteiger partial charge >= 0.3 is 5.97 Å². The van der Waals surface area contributed by atoms with Gasteiger partial charge in [0, 0.05) is 16.5 Å². The lowest BCUT2D eigenvalue weighted by atomic mass is 10.2. The van der Waals surface area contributed by atoms with Crippen molar-refractivity contribution in [3.05, 3.63) is 46.4 Å². The average molecular weight is 455 g/mol. The summed E-state index contributed by atoms with van der Waals surface area (Å²) in [5.41, 5.74) is 0.735. The van der Waals surface area contributed by atoms with Gasteiger partial charge in [0.2, 0.25) is 5.91 Å². The van der Waals surface area contributed by atoms with E-state index in [0.717, 1.165) is 0 Å². The lowest BCUT2D eigenvalue weighted by Crippen LogP contribution is -2.22. The Kier molecular flexibility index (Phi) is 8.76. The van der Waals surface area contributed by atoms with Gasteiger partial charge < -0.3 is 24.8 Å². The van der Waals surface area contributed by atoms with Crippen LogP contribution in [0.5, 0.6) is 11.5 Å². The molecule has 2 amide bonds. The van der Waals surface area contributed by atoms with Gasteiger partial charge in [0.25, 0.3) is 5.91 Å². The predicted molar refractivity (Wildman–Crippen MR) is 113 cm³/mol. The van der Waals surface area contributed by atoms with Gasteiger partial charge in [-0.1, -0.05) is 23.2 Å². The fourth-order valence-electron chi connectivity index (χ4n) is 2.39. The average Bonchev–Trinajstić information content (AvgIpc) is 2.71. The molecule has 0 saturated carbocycles. The zero-order valence-corrected chi connectivity index (χ0v) is 17.8. The van der Waals surface area contributed by atoms with Crippen LogP contribution < -0.4 is 20.1 Å². The Balaban J connectivity index is 1.78. The Morgan fingerprint density at radius 1 is 0.800 bits per heavy atom. The molecule has 0 fully saturated rings. The molecule has 2 aromatic carbocycles. The minimum Gasteiger partial charge on any atom is -0.495 e. The van der Waals surface area contributed by atoms with Crippen molar-refractivity contribution in [3.63, 3.8) is 0 Å². The van der Waals surface area contributed by atoms with E-state index in [1.54, 1.807) is 24.3 Å². The topological polar surface area (TPSA) is 103 Å². The largest absolute Gasteiger partial charge is 0.495 e. The molecule has 0 heterocycles. The molecule has 0 aliphatic rings. The molecule has 0 radical (unpaired) electrons. The number of benzene rings is 2. The summed E-state index contributed by atoms with van der Waals surface area (Å²) in [6.45, 7) is -0.516. The van der Waals surface area contributed by atoms with Gasteiger partial charge in [-0.15, -0.1) is 0 Å². The third kappa shape index (κ3) is 7.13. The van der Waals surface area contributed by atoms with Gasteiger partial charge in [-0.2, -0.15) is 0 Å². The lowest BCUT2D eigenvalue weighted by Gasteiger charge is -2.11.